The number of hydrogen-bond donors (Lipinski definition) is 0. The van der Waals surface area contributed by atoms with Crippen molar-refractivity contribution in [2.75, 3.05) is 26.2 Å². The molecule has 2 heterocycles. The van der Waals surface area contributed by atoms with Gasteiger partial charge in [-0.3, -0.25) is 4.79 Å². The van der Waals surface area contributed by atoms with Gasteiger partial charge in [0.2, 0.25) is 10.0 Å². The number of carbonyl (C=O) groups excluding carboxylic acids is 2. The van der Waals surface area contributed by atoms with Crippen molar-refractivity contribution >= 4 is 21.9 Å². The molecule has 1 fully saturated rings. The van der Waals surface area contributed by atoms with E-state index in [1.165, 1.54) is 34.1 Å². The summed E-state index contributed by atoms with van der Waals surface area (Å²) in [5, 5.41) is 0. The SMILES string of the molecule is O=C(OCC(=O)N1CCc2ccccc2C1)c1ccc(S(=O)(=O)N2CCCC2)cc1. The molecule has 2 aliphatic rings. The minimum absolute atomic E-state index is 0.156. The van der Waals surface area contributed by atoms with Gasteiger partial charge in [-0.05, 0) is 54.7 Å². The van der Waals surface area contributed by atoms with Gasteiger partial charge in [-0.15, -0.1) is 0 Å². The second-order valence-corrected chi connectivity index (χ2v) is 9.48. The molecule has 0 aromatic heterocycles. The monoisotopic (exact) mass is 428 g/mol. The molecule has 7 nitrogen and oxygen atoms in total. The van der Waals surface area contributed by atoms with Crippen LogP contribution in [0.3, 0.4) is 0 Å². The largest absolute Gasteiger partial charge is 0.452 e. The Kier molecular flexibility index (Phi) is 5.87. The van der Waals surface area contributed by atoms with Gasteiger partial charge >= 0.3 is 5.97 Å². The van der Waals surface area contributed by atoms with Crippen LogP contribution < -0.4 is 0 Å². The lowest BCUT2D eigenvalue weighted by molar-refractivity contribution is -0.135. The topological polar surface area (TPSA) is 84.0 Å². The number of benzene rings is 2. The highest BCUT2D eigenvalue weighted by Crippen LogP contribution is 2.22. The summed E-state index contributed by atoms with van der Waals surface area (Å²) >= 11 is 0. The molecule has 0 atom stereocenters. The molecule has 2 aromatic rings. The minimum atomic E-state index is -3.53. The molecule has 0 unspecified atom stereocenters. The molecule has 2 aromatic carbocycles. The van der Waals surface area contributed by atoms with Gasteiger partial charge in [0.05, 0.1) is 10.5 Å². The molecule has 4 rings (SSSR count). The number of carbonyl (C=O) groups is 2. The minimum Gasteiger partial charge on any atom is -0.452 e. The van der Waals surface area contributed by atoms with Crippen LogP contribution in [0.25, 0.3) is 0 Å². The number of nitrogens with zero attached hydrogens (tertiary/aromatic N) is 2. The fourth-order valence-corrected chi connectivity index (χ4v) is 5.37. The highest BCUT2D eigenvalue weighted by Gasteiger charge is 2.27. The van der Waals surface area contributed by atoms with Crippen LogP contribution in [0, 0.1) is 0 Å². The van der Waals surface area contributed by atoms with Gasteiger partial charge < -0.3 is 9.64 Å². The zero-order valence-corrected chi connectivity index (χ0v) is 17.4. The fourth-order valence-electron chi connectivity index (χ4n) is 3.85. The summed E-state index contributed by atoms with van der Waals surface area (Å²) in [7, 11) is -3.53. The van der Waals surface area contributed by atoms with Crippen molar-refractivity contribution in [2.45, 2.75) is 30.7 Å². The van der Waals surface area contributed by atoms with Crippen molar-refractivity contribution in [3.05, 3.63) is 65.2 Å². The van der Waals surface area contributed by atoms with E-state index in [0.717, 1.165) is 24.8 Å². The third-order valence-electron chi connectivity index (χ3n) is 5.60. The number of amides is 1. The molecule has 8 heteroatoms. The molecule has 0 saturated carbocycles. The van der Waals surface area contributed by atoms with E-state index in [1.54, 1.807) is 4.90 Å². The maximum absolute atomic E-state index is 12.6. The van der Waals surface area contributed by atoms with Crippen molar-refractivity contribution in [1.29, 1.82) is 0 Å². The van der Waals surface area contributed by atoms with Crippen molar-refractivity contribution in [2.24, 2.45) is 0 Å². The van der Waals surface area contributed by atoms with E-state index in [4.69, 9.17) is 4.74 Å². The Bertz CT molecular complexity index is 1040. The van der Waals surface area contributed by atoms with Crippen LogP contribution in [0.5, 0.6) is 0 Å². The first-order chi connectivity index (χ1) is 14.4. The Morgan fingerprint density at radius 1 is 0.900 bits per heavy atom. The number of esters is 1. The van der Waals surface area contributed by atoms with Gasteiger partial charge in [-0.25, -0.2) is 13.2 Å². The molecular formula is C22H24N2O5S. The van der Waals surface area contributed by atoms with Gasteiger partial charge in [0, 0.05) is 26.2 Å². The maximum Gasteiger partial charge on any atom is 0.338 e. The summed E-state index contributed by atoms with van der Waals surface area (Å²) in [6.07, 6.45) is 2.50. The standard InChI is InChI=1S/C22H24N2O5S/c25-21(23-14-11-17-5-1-2-6-19(17)15-23)16-29-22(26)18-7-9-20(10-8-18)30(27,28)24-12-3-4-13-24/h1-2,5-10H,3-4,11-16H2. The van der Waals surface area contributed by atoms with Gasteiger partial charge in [-0.2, -0.15) is 4.31 Å². The molecule has 0 N–H and O–H groups in total. The molecule has 0 radical (unpaired) electrons. The number of ether oxygens (including phenoxy) is 1. The average molecular weight is 429 g/mol. The third kappa shape index (κ3) is 4.24. The van der Waals surface area contributed by atoms with Crippen LogP contribution >= 0.6 is 0 Å². The highest BCUT2D eigenvalue weighted by atomic mass is 32.2. The van der Waals surface area contributed by atoms with Gasteiger partial charge in [0.25, 0.3) is 5.91 Å². The normalized spacial score (nSPS) is 16.9. The Balaban J connectivity index is 1.33. The van der Waals surface area contributed by atoms with Crippen LogP contribution in [0.4, 0.5) is 0 Å². The lowest BCUT2D eigenvalue weighted by atomic mass is 10.00. The third-order valence-corrected chi connectivity index (χ3v) is 7.52. The van der Waals surface area contributed by atoms with E-state index in [9.17, 15) is 18.0 Å². The number of hydrogen-bond acceptors (Lipinski definition) is 5. The van der Waals surface area contributed by atoms with E-state index < -0.39 is 16.0 Å². The first kappa shape index (κ1) is 20.6. The average Bonchev–Trinajstić information content (AvgIpc) is 3.33. The predicted octanol–water partition coefficient (Wildman–Crippen LogP) is 2.21. The van der Waals surface area contributed by atoms with Crippen LogP contribution in [0.2, 0.25) is 0 Å². The van der Waals surface area contributed by atoms with Crippen molar-refractivity contribution in [1.82, 2.24) is 9.21 Å². The molecule has 2 aliphatic heterocycles. The summed E-state index contributed by atoms with van der Waals surface area (Å²) in [5.41, 5.74) is 2.56. The van der Waals surface area contributed by atoms with E-state index in [1.807, 2.05) is 18.2 Å². The number of rotatable bonds is 5. The van der Waals surface area contributed by atoms with E-state index in [2.05, 4.69) is 6.07 Å². The van der Waals surface area contributed by atoms with Crippen molar-refractivity contribution in [3.8, 4) is 0 Å². The second kappa shape index (κ2) is 8.57. The fraction of sp³-hybridized carbons (Fsp3) is 0.364. The second-order valence-electron chi connectivity index (χ2n) is 7.55. The van der Waals surface area contributed by atoms with Crippen LogP contribution in [-0.4, -0.2) is 55.7 Å². The molecule has 1 amide bonds. The zero-order chi connectivity index (χ0) is 21.1. The first-order valence-corrected chi connectivity index (χ1v) is 11.5. The van der Waals surface area contributed by atoms with Gasteiger partial charge in [0.1, 0.15) is 0 Å². The summed E-state index contributed by atoms with van der Waals surface area (Å²) in [6.45, 7) is 1.81. The van der Waals surface area contributed by atoms with Crippen LogP contribution in [0.15, 0.2) is 53.4 Å². The molecule has 1 saturated heterocycles. The van der Waals surface area contributed by atoms with Crippen LogP contribution in [0.1, 0.15) is 34.3 Å². The van der Waals surface area contributed by atoms with E-state index >= 15 is 0 Å². The predicted molar refractivity (Wildman–Crippen MR) is 110 cm³/mol. The zero-order valence-electron chi connectivity index (χ0n) is 16.6. The Morgan fingerprint density at radius 3 is 2.27 bits per heavy atom. The van der Waals surface area contributed by atoms with Crippen molar-refractivity contribution in [3.63, 3.8) is 0 Å². The molecule has 0 bridgehead atoms. The molecule has 30 heavy (non-hydrogen) atoms. The molecule has 0 spiro atoms. The number of fused-ring (bicyclic) bond motifs is 1. The first-order valence-electron chi connectivity index (χ1n) is 10.1. The molecular weight excluding hydrogens is 404 g/mol. The molecule has 0 aliphatic carbocycles. The van der Waals surface area contributed by atoms with E-state index in [0.29, 0.717) is 26.2 Å². The summed E-state index contributed by atoms with van der Waals surface area (Å²) in [6, 6.07) is 13.7. The Morgan fingerprint density at radius 2 is 1.57 bits per heavy atom. The smallest absolute Gasteiger partial charge is 0.338 e. The van der Waals surface area contributed by atoms with Gasteiger partial charge in [-0.1, -0.05) is 24.3 Å². The Hall–Kier alpha value is -2.71. The summed E-state index contributed by atoms with van der Waals surface area (Å²) < 4.78 is 31.7. The quantitative estimate of drug-likeness (QED) is 0.682. The maximum atomic E-state index is 12.6. The lowest BCUT2D eigenvalue weighted by Crippen LogP contribution is -2.38. The Labute approximate surface area is 176 Å². The highest BCUT2D eigenvalue weighted by molar-refractivity contribution is 7.89. The van der Waals surface area contributed by atoms with Crippen molar-refractivity contribution < 1.29 is 22.7 Å². The molecule has 158 valence electrons. The summed E-state index contributed by atoms with van der Waals surface area (Å²) in [4.78, 5) is 26.6. The van der Waals surface area contributed by atoms with Gasteiger partial charge in [0.15, 0.2) is 6.61 Å². The lowest BCUT2D eigenvalue weighted by Gasteiger charge is -2.28. The number of sulfonamides is 1. The summed E-state index contributed by atoms with van der Waals surface area (Å²) in [5.74, 6) is -0.892. The van der Waals surface area contributed by atoms with Crippen LogP contribution in [-0.2, 0) is 32.5 Å². The van der Waals surface area contributed by atoms with E-state index in [-0.39, 0.29) is 23.0 Å².